The standard InChI is InChI=1S/C26H28N4O4/c31-22-12-11-21(24(32)28-22)30-25(33)19-5-4-6-20(23(19)26(30)34)27-15-17-7-9-18(10-8-17)16-29-13-2-1-3-14-29/h4-10,21,27H,1-3,11-16H2,(H,28,31,32). The number of benzene rings is 2. The third kappa shape index (κ3) is 4.33. The van der Waals surface area contributed by atoms with Crippen molar-refractivity contribution in [2.24, 2.45) is 0 Å². The Bertz CT molecular complexity index is 1140. The molecule has 8 nitrogen and oxygen atoms in total. The first-order chi connectivity index (χ1) is 16.5. The Morgan fingerprint density at radius 1 is 0.882 bits per heavy atom. The summed E-state index contributed by atoms with van der Waals surface area (Å²) in [6.07, 6.45) is 4.10. The number of hydrogen-bond donors (Lipinski definition) is 2. The van der Waals surface area contributed by atoms with Gasteiger partial charge in [-0.25, -0.2) is 0 Å². The van der Waals surface area contributed by atoms with Crippen LogP contribution in [-0.2, 0) is 22.7 Å². The highest BCUT2D eigenvalue weighted by Gasteiger charge is 2.45. The maximum absolute atomic E-state index is 13.2. The van der Waals surface area contributed by atoms with Crippen molar-refractivity contribution in [3.05, 3.63) is 64.7 Å². The van der Waals surface area contributed by atoms with Crippen LogP contribution >= 0.6 is 0 Å². The summed E-state index contributed by atoms with van der Waals surface area (Å²) in [6.45, 7) is 3.78. The molecule has 34 heavy (non-hydrogen) atoms. The van der Waals surface area contributed by atoms with Gasteiger partial charge in [-0.1, -0.05) is 36.8 Å². The Balaban J connectivity index is 1.27. The number of piperidine rings is 2. The number of fused-ring (bicyclic) bond motifs is 1. The predicted molar refractivity (Wildman–Crippen MR) is 126 cm³/mol. The first-order valence-corrected chi connectivity index (χ1v) is 11.9. The number of rotatable bonds is 6. The molecule has 0 saturated carbocycles. The third-order valence-corrected chi connectivity index (χ3v) is 6.83. The van der Waals surface area contributed by atoms with Crippen LogP contribution in [0.3, 0.4) is 0 Å². The van der Waals surface area contributed by atoms with Gasteiger partial charge in [-0.3, -0.25) is 34.3 Å². The number of amides is 4. The third-order valence-electron chi connectivity index (χ3n) is 6.83. The zero-order valence-electron chi connectivity index (χ0n) is 19.0. The fraction of sp³-hybridized carbons (Fsp3) is 0.385. The van der Waals surface area contributed by atoms with Gasteiger partial charge >= 0.3 is 0 Å². The van der Waals surface area contributed by atoms with E-state index in [4.69, 9.17) is 0 Å². The van der Waals surface area contributed by atoms with Crippen molar-refractivity contribution in [1.29, 1.82) is 0 Å². The summed E-state index contributed by atoms with van der Waals surface area (Å²) in [4.78, 5) is 53.4. The Morgan fingerprint density at radius 2 is 1.62 bits per heavy atom. The van der Waals surface area contributed by atoms with Crippen molar-refractivity contribution < 1.29 is 19.2 Å². The fourth-order valence-corrected chi connectivity index (χ4v) is 5.00. The average molecular weight is 461 g/mol. The van der Waals surface area contributed by atoms with Crippen molar-refractivity contribution in [2.75, 3.05) is 18.4 Å². The molecule has 1 unspecified atom stereocenters. The van der Waals surface area contributed by atoms with Crippen molar-refractivity contribution in [1.82, 2.24) is 15.1 Å². The van der Waals surface area contributed by atoms with Gasteiger partial charge in [0.15, 0.2) is 0 Å². The molecule has 0 aliphatic carbocycles. The lowest BCUT2D eigenvalue weighted by atomic mass is 10.0. The molecule has 0 spiro atoms. The van der Waals surface area contributed by atoms with E-state index < -0.39 is 23.8 Å². The molecule has 0 bridgehead atoms. The molecule has 2 aromatic carbocycles. The average Bonchev–Trinajstić information content (AvgIpc) is 3.10. The molecule has 2 aromatic rings. The van der Waals surface area contributed by atoms with Crippen LogP contribution in [0.1, 0.15) is 63.9 Å². The van der Waals surface area contributed by atoms with Crippen LogP contribution in [0.25, 0.3) is 0 Å². The molecule has 0 radical (unpaired) electrons. The van der Waals surface area contributed by atoms with Gasteiger partial charge in [-0.05, 0) is 55.6 Å². The molecular formula is C26H28N4O4. The predicted octanol–water partition coefficient (Wildman–Crippen LogP) is 2.69. The van der Waals surface area contributed by atoms with Gasteiger partial charge in [-0.2, -0.15) is 0 Å². The second-order valence-corrected chi connectivity index (χ2v) is 9.18. The molecule has 4 amide bonds. The summed E-state index contributed by atoms with van der Waals surface area (Å²) < 4.78 is 0. The van der Waals surface area contributed by atoms with E-state index in [1.807, 2.05) is 0 Å². The SMILES string of the molecule is O=C1CCC(N2C(=O)c3cccc(NCc4ccc(CN5CCCCC5)cc4)c3C2=O)C(=O)N1. The molecule has 0 aromatic heterocycles. The van der Waals surface area contributed by atoms with Gasteiger partial charge in [0.2, 0.25) is 11.8 Å². The number of nitrogens with zero attached hydrogens (tertiary/aromatic N) is 2. The number of imide groups is 2. The van der Waals surface area contributed by atoms with Crippen molar-refractivity contribution in [3.8, 4) is 0 Å². The van der Waals surface area contributed by atoms with Gasteiger partial charge in [-0.15, -0.1) is 0 Å². The van der Waals surface area contributed by atoms with E-state index in [1.165, 1.54) is 24.8 Å². The summed E-state index contributed by atoms with van der Waals surface area (Å²) in [5.41, 5.74) is 3.46. The largest absolute Gasteiger partial charge is 0.380 e. The molecule has 3 aliphatic rings. The molecule has 3 heterocycles. The number of carbonyl (C=O) groups excluding carboxylic acids is 4. The zero-order chi connectivity index (χ0) is 23.7. The number of nitrogens with one attached hydrogen (secondary N) is 2. The summed E-state index contributed by atoms with van der Waals surface area (Å²) in [5, 5.41) is 5.51. The topological polar surface area (TPSA) is 98.8 Å². The van der Waals surface area contributed by atoms with Crippen LogP contribution in [0, 0.1) is 0 Å². The summed E-state index contributed by atoms with van der Waals surface area (Å²) >= 11 is 0. The highest BCUT2D eigenvalue weighted by molar-refractivity contribution is 6.25. The Kier molecular flexibility index (Phi) is 6.15. The minimum absolute atomic E-state index is 0.0999. The quantitative estimate of drug-likeness (QED) is 0.643. The van der Waals surface area contributed by atoms with Gasteiger partial charge in [0, 0.05) is 25.2 Å². The maximum atomic E-state index is 13.2. The molecule has 8 heteroatoms. The van der Waals surface area contributed by atoms with E-state index in [1.54, 1.807) is 18.2 Å². The van der Waals surface area contributed by atoms with Gasteiger partial charge in [0.25, 0.3) is 11.8 Å². The minimum Gasteiger partial charge on any atom is -0.380 e. The van der Waals surface area contributed by atoms with E-state index in [2.05, 4.69) is 39.8 Å². The molecule has 2 N–H and O–H groups in total. The lowest BCUT2D eigenvalue weighted by Crippen LogP contribution is -2.54. The number of hydrogen-bond acceptors (Lipinski definition) is 6. The van der Waals surface area contributed by atoms with Crippen molar-refractivity contribution >= 4 is 29.3 Å². The van der Waals surface area contributed by atoms with Gasteiger partial charge in [0.1, 0.15) is 6.04 Å². The lowest BCUT2D eigenvalue weighted by molar-refractivity contribution is -0.136. The monoisotopic (exact) mass is 460 g/mol. The van der Waals surface area contributed by atoms with Gasteiger partial charge < -0.3 is 5.32 Å². The van der Waals surface area contributed by atoms with E-state index in [9.17, 15) is 19.2 Å². The number of likely N-dealkylation sites (tertiary alicyclic amines) is 1. The molecule has 3 aliphatic heterocycles. The van der Waals surface area contributed by atoms with E-state index in [0.717, 1.165) is 30.1 Å². The van der Waals surface area contributed by atoms with E-state index in [-0.39, 0.29) is 29.9 Å². The second-order valence-electron chi connectivity index (χ2n) is 9.18. The van der Waals surface area contributed by atoms with Gasteiger partial charge in [0.05, 0.1) is 11.1 Å². The summed E-state index contributed by atoms with van der Waals surface area (Å²) in [5.74, 6) is -2.00. The molecule has 2 fully saturated rings. The fourth-order valence-electron chi connectivity index (χ4n) is 5.00. The van der Waals surface area contributed by atoms with Crippen molar-refractivity contribution in [3.63, 3.8) is 0 Å². The first kappa shape index (κ1) is 22.3. The maximum Gasteiger partial charge on any atom is 0.264 e. The first-order valence-electron chi connectivity index (χ1n) is 11.9. The van der Waals surface area contributed by atoms with E-state index >= 15 is 0 Å². The summed E-state index contributed by atoms with van der Waals surface area (Å²) in [6, 6.07) is 12.6. The van der Waals surface area contributed by atoms with Crippen molar-refractivity contribution in [2.45, 2.75) is 51.2 Å². The highest BCUT2D eigenvalue weighted by atomic mass is 16.2. The molecular weight excluding hydrogens is 432 g/mol. The Morgan fingerprint density at radius 3 is 2.35 bits per heavy atom. The Hall–Kier alpha value is -3.52. The lowest BCUT2D eigenvalue weighted by Gasteiger charge is -2.27. The van der Waals surface area contributed by atoms with Crippen LogP contribution < -0.4 is 10.6 Å². The highest BCUT2D eigenvalue weighted by Crippen LogP contribution is 2.32. The number of anilines is 1. The van der Waals surface area contributed by atoms with Crippen LogP contribution in [0.2, 0.25) is 0 Å². The molecule has 2 saturated heterocycles. The van der Waals surface area contributed by atoms with Crippen LogP contribution in [0.5, 0.6) is 0 Å². The second kappa shape index (κ2) is 9.38. The smallest absolute Gasteiger partial charge is 0.264 e. The molecule has 1 atom stereocenters. The molecule has 176 valence electrons. The zero-order valence-corrected chi connectivity index (χ0v) is 19.0. The van der Waals surface area contributed by atoms with E-state index in [0.29, 0.717) is 12.2 Å². The van der Waals surface area contributed by atoms with Crippen LogP contribution in [0.4, 0.5) is 5.69 Å². The normalized spacial score (nSPS) is 20.9. The minimum atomic E-state index is -0.967. The van der Waals surface area contributed by atoms with Crippen LogP contribution in [0.15, 0.2) is 42.5 Å². The molecule has 5 rings (SSSR count). The number of carbonyl (C=O) groups is 4. The summed E-state index contributed by atoms with van der Waals surface area (Å²) in [7, 11) is 0. The van der Waals surface area contributed by atoms with Crippen LogP contribution in [-0.4, -0.2) is 52.6 Å². The Labute approximate surface area is 198 Å².